The molecule has 2 heterocycles. The summed E-state index contributed by atoms with van der Waals surface area (Å²) in [6, 6.07) is 5.29. The Kier molecular flexibility index (Phi) is 3.73. The van der Waals surface area contributed by atoms with E-state index in [1.807, 2.05) is 6.07 Å². The van der Waals surface area contributed by atoms with Crippen LogP contribution in [0.2, 0.25) is 0 Å². The van der Waals surface area contributed by atoms with Crippen molar-refractivity contribution in [1.82, 2.24) is 10.6 Å². The Bertz CT molecular complexity index is 774. The van der Waals surface area contributed by atoms with Crippen molar-refractivity contribution in [2.75, 3.05) is 20.2 Å². The topological polar surface area (TPSA) is 101 Å². The lowest BCUT2D eigenvalue weighted by molar-refractivity contribution is -0.143. The zero-order chi connectivity index (χ0) is 16.6. The second kappa shape index (κ2) is 5.58. The van der Waals surface area contributed by atoms with Gasteiger partial charge in [0.1, 0.15) is 11.3 Å². The van der Waals surface area contributed by atoms with Crippen LogP contribution >= 0.6 is 0 Å². The van der Waals surface area contributed by atoms with Gasteiger partial charge >= 0.3 is 5.97 Å². The van der Waals surface area contributed by atoms with E-state index in [9.17, 15) is 14.7 Å². The van der Waals surface area contributed by atoms with Crippen LogP contribution in [0.3, 0.4) is 0 Å². The van der Waals surface area contributed by atoms with E-state index in [4.69, 9.17) is 9.15 Å². The molecular weight excluding hydrogens is 300 g/mol. The third-order valence-electron chi connectivity index (χ3n) is 4.27. The normalized spacial score (nSPS) is 20.6. The van der Waals surface area contributed by atoms with Crippen LogP contribution in [-0.2, 0) is 4.79 Å². The fraction of sp³-hybridized carbons (Fsp3) is 0.375. The molecule has 1 aromatic heterocycles. The monoisotopic (exact) mass is 318 g/mol. The number of nitrogens with one attached hydrogen (secondary N) is 2. The van der Waals surface area contributed by atoms with E-state index in [2.05, 4.69) is 10.6 Å². The van der Waals surface area contributed by atoms with Crippen molar-refractivity contribution >= 4 is 22.8 Å². The molecule has 0 bridgehead atoms. The molecule has 7 nitrogen and oxygen atoms in total. The van der Waals surface area contributed by atoms with Crippen molar-refractivity contribution < 1.29 is 23.8 Å². The molecular formula is C16H18N2O5. The Labute approximate surface area is 132 Å². The van der Waals surface area contributed by atoms with Crippen LogP contribution in [0.1, 0.15) is 22.5 Å². The SMILES string of the molecule is COc1ccc2c(C)c(C(=O)NC3(C(=O)O)CCNC3)oc2c1. The number of rotatable bonds is 4. The minimum Gasteiger partial charge on any atom is -0.497 e. The highest BCUT2D eigenvalue weighted by Crippen LogP contribution is 2.29. The number of hydrogen-bond acceptors (Lipinski definition) is 5. The lowest BCUT2D eigenvalue weighted by Crippen LogP contribution is -2.56. The molecule has 1 atom stereocenters. The predicted molar refractivity (Wildman–Crippen MR) is 82.8 cm³/mol. The molecule has 1 amide bonds. The summed E-state index contributed by atoms with van der Waals surface area (Å²) in [5.41, 5.74) is -0.0900. The average Bonchev–Trinajstić information content (AvgIpc) is 3.13. The number of methoxy groups -OCH3 is 1. The summed E-state index contributed by atoms with van der Waals surface area (Å²) in [7, 11) is 1.55. The number of furan rings is 1. The molecule has 2 aromatic rings. The molecule has 3 rings (SSSR count). The summed E-state index contributed by atoms with van der Waals surface area (Å²) in [5, 5.41) is 15.8. The van der Waals surface area contributed by atoms with E-state index < -0.39 is 17.4 Å². The molecule has 1 aliphatic rings. The molecule has 7 heteroatoms. The second-order valence-electron chi connectivity index (χ2n) is 5.69. The van der Waals surface area contributed by atoms with Gasteiger partial charge in [-0.1, -0.05) is 0 Å². The first-order valence-electron chi connectivity index (χ1n) is 7.30. The zero-order valence-corrected chi connectivity index (χ0v) is 12.9. The molecule has 1 unspecified atom stereocenters. The van der Waals surface area contributed by atoms with Gasteiger partial charge in [-0.2, -0.15) is 0 Å². The van der Waals surface area contributed by atoms with Crippen molar-refractivity contribution in [3.8, 4) is 5.75 Å². The lowest BCUT2D eigenvalue weighted by atomic mass is 9.98. The highest BCUT2D eigenvalue weighted by atomic mass is 16.5. The second-order valence-corrected chi connectivity index (χ2v) is 5.69. The number of benzene rings is 1. The number of hydrogen-bond donors (Lipinski definition) is 3. The smallest absolute Gasteiger partial charge is 0.330 e. The number of carboxylic acids is 1. The fourth-order valence-corrected chi connectivity index (χ4v) is 2.86. The van der Waals surface area contributed by atoms with Crippen LogP contribution in [0.5, 0.6) is 5.75 Å². The van der Waals surface area contributed by atoms with Crippen LogP contribution < -0.4 is 15.4 Å². The van der Waals surface area contributed by atoms with Crippen LogP contribution in [0, 0.1) is 6.92 Å². The molecule has 3 N–H and O–H groups in total. The first-order valence-corrected chi connectivity index (χ1v) is 7.30. The average molecular weight is 318 g/mol. The Balaban J connectivity index is 1.94. The van der Waals surface area contributed by atoms with E-state index in [-0.39, 0.29) is 12.3 Å². The molecule has 23 heavy (non-hydrogen) atoms. The minimum absolute atomic E-state index is 0.126. The van der Waals surface area contributed by atoms with Crippen molar-refractivity contribution in [3.63, 3.8) is 0 Å². The quantitative estimate of drug-likeness (QED) is 0.785. The molecule has 0 aliphatic carbocycles. The number of aliphatic carboxylic acids is 1. The van der Waals surface area contributed by atoms with Gasteiger partial charge in [0, 0.05) is 23.6 Å². The Morgan fingerprint density at radius 1 is 1.43 bits per heavy atom. The van der Waals surface area contributed by atoms with Gasteiger partial charge in [-0.05, 0) is 32.0 Å². The van der Waals surface area contributed by atoms with Crippen LogP contribution in [-0.4, -0.2) is 42.7 Å². The number of aryl methyl sites for hydroxylation is 1. The predicted octanol–water partition coefficient (Wildman–Crippen LogP) is 1.30. The van der Waals surface area contributed by atoms with Crippen molar-refractivity contribution in [3.05, 3.63) is 29.5 Å². The summed E-state index contributed by atoms with van der Waals surface area (Å²) in [5.74, 6) is -0.823. The maximum atomic E-state index is 12.5. The van der Waals surface area contributed by atoms with E-state index in [0.29, 0.717) is 29.9 Å². The zero-order valence-electron chi connectivity index (χ0n) is 12.9. The van der Waals surface area contributed by atoms with Gasteiger partial charge in [0.2, 0.25) is 0 Å². The third kappa shape index (κ3) is 2.53. The number of fused-ring (bicyclic) bond motifs is 1. The maximum Gasteiger partial charge on any atom is 0.330 e. The minimum atomic E-state index is -1.29. The van der Waals surface area contributed by atoms with E-state index >= 15 is 0 Å². The first-order chi connectivity index (χ1) is 11.0. The van der Waals surface area contributed by atoms with Gasteiger partial charge in [0.05, 0.1) is 7.11 Å². The van der Waals surface area contributed by atoms with Gasteiger partial charge in [0.15, 0.2) is 11.3 Å². The molecule has 0 radical (unpaired) electrons. The molecule has 1 fully saturated rings. The summed E-state index contributed by atoms with van der Waals surface area (Å²) in [4.78, 5) is 24.1. The van der Waals surface area contributed by atoms with E-state index in [1.54, 1.807) is 26.2 Å². The highest BCUT2D eigenvalue weighted by molar-refractivity contribution is 6.01. The Hall–Kier alpha value is -2.54. The first kappa shape index (κ1) is 15.4. The van der Waals surface area contributed by atoms with Crippen molar-refractivity contribution in [2.45, 2.75) is 18.9 Å². The number of carbonyl (C=O) groups is 2. The largest absolute Gasteiger partial charge is 0.497 e. The number of amides is 1. The molecule has 0 spiro atoms. The number of ether oxygens (including phenoxy) is 1. The van der Waals surface area contributed by atoms with Gasteiger partial charge in [-0.25, -0.2) is 4.79 Å². The molecule has 1 aliphatic heterocycles. The molecule has 1 aromatic carbocycles. The van der Waals surface area contributed by atoms with Gasteiger partial charge in [-0.3, -0.25) is 4.79 Å². The van der Waals surface area contributed by atoms with Crippen molar-refractivity contribution in [2.24, 2.45) is 0 Å². The van der Waals surface area contributed by atoms with E-state index in [1.165, 1.54) is 0 Å². The number of carbonyl (C=O) groups excluding carboxylic acids is 1. The standard InChI is InChI=1S/C16H18N2O5/c1-9-11-4-3-10(22-2)7-12(11)23-13(9)14(19)18-16(15(20)21)5-6-17-8-16/h3-4,7,17H,5-6,8H2,1-2H3,(H,18,19)(H,20,21). The third-order valence-corrected chi connectivity index (χ3v) is 4.27. The summed E-state index contributed by atoms with van der Waals surface area (Å²) in [6.45, 7) is 2.51. The Morgan fingerprint density at radius 2 is 2.22 bits per heavy atom. The summed E-state index contributed by atoms with van der Waals surface area (Å²) >= 11 is 0. The maximum absolute atomic E-state index is 12.5. The van der Waals surface area contributed by atoms with Gasteiger partial charge in [0.25, 0.3) is 5.91 Å². The van der Waals surface area contributed by atoms with Crippen LogP contribution in [0.4, 0.5) is 0 Å². The molecule has 122 valence electrons. The molecule has 1 saturated heterocycles. The lowest BCUT2D eigenvalue weighted by Gasteiger charge is -2.24. The summed E-state index contributed by atoms with van der Waals surface area (Å²) < 4.78 is 10.8. The highest BCUT2D eigenvalue weighted by Gasteiger charge is 2.43. The number of carboxylic acid groups (broad SMARTS) is 1. The van der Waals surface area contributed by atoms with Gasteiger partial charge in [-0.15, -0.1) is 0 Å². The Morgan fingerprint density at radius 3 is 2.83 bits per heavy atom. The van der Waals surface area contributed by atoms with Crippen LogP contribution in [0.25, 0.3) is 11.0 Å². The van der Waals surface area contributed by atoms with Crippen molar-refractivity contribution in [1.29, 1.82) is 0 Å². The fourth-order valence-electron chi connectivity index (χ4n) is 2.86. The van der Waals surface area contributed by atoms with Crippen LogP contribution in [0.15, 0.2) is 22.6 Å². The van der Waals surface area contributed by atoms with E-state index in [0.717, 1.165) is 5.39 Å². The molecule has 0 saturated carbocycles. The van der Waals surface area contributed by atoms with Gasteiger partial charge < -0.3 is 24.9 Å². The summed E-state index contributed by atoms with van der Waals surface area (Å²) in [6.07, 6.45) is 0.334.